The average Bonchev–Trinajstić information content (AvgIpc) is 2.96. The monoisotopic (exact) mass is 255 g/mol. The molecular formula is C12H17NO3S. The van der Waals surface area contributed by atoms with Crippen molar-refractivity contribution >= 4 is 10.0 Å². The van der Waals surface area contributed by atoms with E-state index in [9.17, 15) is 8.42 Å². The maximum absolute atomic E-state index is 12.0. The normalized spacial score (nSPS) is 18.0. The topological polar surface area (TPSA) is 66.4 Å². The number of aliphatic hydroxyl groups excluding tert-OH is 1. The van der Waals surface area contributed by atoms with Crippen LogP contribution in [0.5, 0.6) is 0 Å². The van der Waals surface area contributed by atoms with E-state index in [1.165, 1.54) is 0 Å². The Bertz CT molecular complexity index is 489. The van der Waals surface area contributed by atoms with E-state index in [2.05, 4.69) is 4.72 Å². The van der Waals surface area contributed by atoms with Crippen molar-refractivity contribution in [3.8, 4) is 0 Å². The zero-order chi connectivity index (χ0) is 12.5. The molecule has 17 heavy (non-hydrogen) atoms. The summed E-state index contributed by atoms with van der Waals surface area (Å²) in [6.07, 6.45) is 2.34. The molecule has 0 atom stereocenters. The maximum atomic E-state index is 12.0. The van der Waals surface area contributed by atoms with Gasteiger partial charge in [0.1, 0.15) is 0 Å². The zero-order valence-corrected chi connectivity index (χ0v) is 10.6. The molecule has 2 rings (SSSR count). The smallest absolute Gasteiger partial charge is 0.241 e. The van der Waals surface area contributed by atoms with Gasteiger partial charge in [-0.3, -0.25) is 0 Å². The Balaban J connectivity index is 2.15. The molecular weight excluding hydrogens is 238 g/mol. The van der Waals surface area contributed by atoms with Crippen LogP contribution in [-0.2, 0) is 16.4 Å². The molecule has 0 amide bonds. The van der Waals surface area contributed by atoms with Crippen molar-refractivity contribution in [3.63, 3.8) is 0 Å². The second kappa shape index (κ2) is 4.40. The predicted octanol–water partition coefficient (Wildman–Crippen LogP) is 1.05. The molecule has 1 fully saturated rings. The first-order chi connectivity index (χ1) is 7.95. The van der Waals surface area contributed by atoms with Crippen molar-refractivity contribution in [1.82, 2.24) is 4.72 Å². The highest BCUT2D eigenvalue weighted by Crippen LogP contribution is 2.35. The van der Waals surface area contributed by atoms with Crippen LogP contribution in [0.3, 0.4) is 0 Å². The molecule has 0 heterocycles. The summed E-state index contributed by atoms with van der Waals surface area (Å²) in [5.74, 6) is 0. The van der Waals surface area contributed by atoms with E-state index in [0.717, 1.165) is 18.4 Å². The molecule has 1 aliphatic rings. The van der Waals surface area contributed by atoms with Gasteiger partial charge in [-0.25, -0.2) is 13.1 Å². The number of nitrogens with one attached hydrogen (secondary N) is 1. The Morgan fingerprint density at radius 1 is 1.29 bits per heavy atom. The number of sulfonamides is 1. The lowest BCUT2D eigenvalue weighted by molar-refractivity contribution is 0.299. The number of aliphatic hydroxyl groups is 1. The van der Waals surface area contributed by atoms with Gasteiger partial charge in [0, 0.05) is 12.1 Å². The summed E-state index contributed by atoms with van der Waals surface area (Å²) in [5.41, 5.74) is 0.687. The first-order valence-electron chi connectivity index (χ1n) is 5.69. The van der Waals surface area contributed by atoms with Crippen molar-refractivity contribution in [3.05, 3.63) is 29.8 Å². The highest BCUT2D eigenvalue weighted by Gasteiger charge is 2.41. The summed E-state index contributed by atoms with van der Waals surface area (Å²) in [5, 5.41) is 8.78. The van der Waals surface area contributed by atoms with E-state index in [1.807, 2.05) is 6.92 Å². The first-order valence-corrected chi connectivity index (χ1v) is 7.17. The lowest BCUT2D eigenvalue weighted by Gasteiger charge is -2.12. The zero-order valence-electron chi connectivity index (χ0n) is 9.81. The van der Waals surface area contributed by atoms with Crippen molar-refractivity contribution in [2.75, 3.05) is 6.61 Å². The van der Waals surface area contributed by atoms with E-state index in [-0.39, 0.29) is 17.0 Å². The molecule has 1 saturated carbocycles. The van der Waals surface area contributed by atoms with Gasteiger partial charge in [0.25, 0.3) is 0 Å². The van der Waals surface area contributed by atoms with Crippen LogP contribution in [0.25, 0.3) is 0 Å². The number of hydrogen-bond acceptors (Lipinski definition) is 3. The van der Waals surface area contributed by atoms with Crippen LogP contribution in [0.1, 0.15) is 25.3 Å². The highest BCUT2D eigenvalue weighted by molar-refractivity contribution is 7.89. The fourth-order valence-electron chi connectivity index (χ4n) is 1.64. The Labute approximate surface area is 102 Å². The molecule has 0 aromatic heterocycles. The quantitative estimate of drug-likeness (QED) is 0.826. The molecule has 4 nitrogen and oxygen atoms in total. The second-order valence-corrected chi connectivity index (χ2v) is 6.47. The number of hydrogen-bond donors (Lipinski definition) is 2. The summed E-state index contributed by atoms with van der Waals surface area (Å²) in [7, 11) is -3.40. The largest absolute Gasteiger partial charge is 0.396 e. The van der Waals surface area contributed by atoms with E-state index >= 15 is 0 Å². The van der Waals surface area contributed by atoms with Gasteiger partial charge in [-0.1, -0.05) is 12.1 Å². The van der Waals surface area contributed by atoms with Gasteiger partial charge in [-0.15, -0.1) is 0 Å². The van der Waals surface area contributed by atoms with Crippen molar-refractivity contribution in [1.29, 1.82) is 0 Å². The number of rotatable bonds is 5. The molecule has 0 unspecified atom stereocenters. The SMILES string of the molecule is CC1(NS(=O)(=O)c2ccc(CCO)cc2)CC1. The summed E-state index contributed by atoms with van der Waals surface area (Å²) in [4.78, 5) is 0.285. The van der Waals surface area contributed by atoms with Crippen molar-refractivity contribution in [2.24, 2.45) is 0 Å². The minimum absolute atomic E-state index is 0.0718. The molecule has 0 bridgehead atoms. The third kappa shape index (κ3) is 3.06. The fraction of sp³-hybridized carbons (Fsp3) is 0.500. The molecule has 94 valence electrons. The Morgan fingerprint density at radius 2 is 1.88 bits per heavy atom. The van der Waals surface area contributed by atoms with Crippen LogP contribution in [0.2, 0.25) is 0 Å². The van der Waals surface area contributed by atoms with Gasteiger partial charge < -0.3 is 5.11 Å². The number of benzene rings is 1. The van der Waals surface area contributed by atoms with Crippen LogP contribution in [-0.4, -0.2) is 25.7 Å². The van der Waals surface area contributed by atoms with E-state index < -0.39 is 10.0 Å². The molecule has 0 spiro atoms. The Kier molecular flexibility index (Phi) is 3.25. The summed E-state index contributed by atoms with van der Waals surface area (Å²) in [6.45, 7) is 1.98. The lowest BCUT2D eigenvalue weighted by Crippen LogP contribution is -2.34. The molecule has 2 N–H and O–H groups in total. The molecule has 5 heteroatoms. The van der Waals surface area contributed by atoms with Crippen LogP contribution in [0, 0.1) is 0 Å². The maximum Gasteiger partial charge on any atom is 0.241 e. The third-order valence-electron chi connectivity index (χ3n) is 3.01. The minimum Gasteiger partial charge on any atom is -0.396 e. The molecule has 0 saturated heterocycles. The molecule has 1 aromatic carbocycles. The minimum atomic E-state index is -3.40. The fourth-order valence-corrected chi connectivity index (χ4v) is 3.10. The molecule has 1 aromatic rings. The Hall–Kier alpha value is -0.910. The van der Waals surface area contributed by atoms with E-state index in [1.54, 1.807) is 24.3 Å². The van der Waals surface area contributed by atoms with Crippen molar-refractivity contribution < 1.29 is 13.5 Å². The lowest BCUT2D eigenvalue weighted by atomic mass is 10.2. The standard InChI is InChI=1S/C12H17NO3S/c1-12(7-8-12)13-17(15,16)11-4-2-10(3-5-11)6-9-14/h2-5,13-14H,6-9H2,1H3. The molecule has 0 radical (unpaired) electrons. The van der Waals surface area contributed by atoms with Gasteiger partial charge >= 0.3 is 0 Å². The highest BCUT2D eigenvalue weighted by atomic mass is 32.2. The van der Waals surface area contributed by atoms with Crippen LogP contribution < -0.4 is 4.72 Å². The predicted molar refractivity (Wildman–Crippen MR) is 65.2 cm³/mol. The summed E-state index contributed by atoms with van der Waals surface area (Å²) in [6, 6.07) is 6.64. The first kappa shape index (κ1) is 12.5. The molecule has 1 aliphatic carbocycles. The second-order valence-electron chi connectivity index (χ2n) is 4.78. The summed E-state index contributed by atoms with van der Waals surface area (Å²) < 4.78 is 26.7. The van der Waals surface area contributed by atoms with E-state index in [4.69, 9.17) is 5.11 Å². The van der Waals surface area contributed by atoms with Gasteiger partial charge in [0.2, 0.25) is 10.0 Å². The van der Waals surface area contributed by atoms with Crippen LogP contribution in [0.4, 0.5) is 0 Å². The summed E-state index contributed by atoms with van der Waals surface area (Å²) >= 11 is 0. The van der Waals surface area contributed by atoms with Crippen LogP contribution >= 0.6 is 0 Å². The van der Waals surface area contributed by atoms with Gasteiger partial charge in [-0.2, -0.15) is 0 Å². The Morgan fingerprint density at radius 3 is 2.35 bits per heavy atom. The average molecular weight is 255 g/mol. The third-order valence-corrected chi connectivity index (χ3v) is 4.67. The van der Waals surface area contributed by atoms with Gasteiger partial charge in [-0.05, 0) is 43.9 Å². The van der Waals surface area contributed by atoms with E-state index in [0.29, 0.717) is 6.42 Å². The molecule has 0 aliphatic heterocycles. The van der Waals surface area contributed by atoms with Crippen molar-refractivity contribution in [2.45, 2.75) is 36.6 Å². The van der Waals surface area contributed by atoms with Gasteiger partial charge in [0.15, 0.2) is 0 Å². The van der Waals surface area contributed by atoms with Crippen LogP contribution in [0.15, 0.2) is 29.2 Å². The van der Waals surface area contributed by atoms with Gasteiger partial charge in [0.05, 0.1) is 4.90 Å².